The number of hydrogen-bond acceptors (Lipinski definition) is 0. The van der Waals surface area contributed by atoms with Crippen molar-refractivity contribution in [1.82, 2.24) is 0 Å². The summed E-state index contributed by atoms with van der Waals surface area (Å²) >= 11 is 0. The zero-order valence-electron chi connectivity index (χ0n) is 8.96. The Bertz CT molecular complexity index is 318. The SMILES string of the molecule is CC(C)c1[c-]cccc1.F[P-](F)(F)(F)(F)F.[Fe]. The van der Waals surface area contributed by atoms with Gasteiger partial charge in [-0.05, 0) is 5.92 Å². The molecule has 0 amide bonds. The molecule has 17 heavy (non-hydrogen) atoms. The van der Waals surface area contributed by atoms with Crippen molar-refractivity contribution in [3.05, 3.63) is 35.9 Å². The maximum absolute atomic E-state index is 10.7. The molecule has 0 atom stereocenters. The zero-order valence-corrected chi connectivity index (χ0v) is 11.0. The molecule has 0 heterocycles. The summed E-state index contributed by atoms with van der Waals surface area (Å²) in [5.74, 6) is 0.603. The minimum atomic E-state index is -10.7. The van der Waals surface area contributed by atoms with Crippen LogP contribution < -0.4 is 0 Å². The summed E-state index contributed by atoms with van der Waals surface area (Å²) in [5, 5.41) is 0. The minimum Gasteiger partial charge on any atom is 0 e. The van der Waals surface area contributed by atoms with Crippen LogP contribution in [0.5, 0.6) is 0 Å². The van der Waals surface area contributed by atoms with Crippen molar-refractivity contribution in [3.8, 4) is 0 Å². The van der Waals surface area contributed by atoms with E-state index in [2.05, 4.69) is 26.0 Å². The fourth-order valence-electron chi connectivity index (χ4n) is 0.766. The van der Waals surface area contributed by atoms with Gasteiger partial charge in [-0.3, -0.25) is 0 Å². The van der Waals surface area contributed by atoms with Gasteiger partial charge in [-0.25, -0.2) is 0 Å². The topological polar surface area (TPSA) is 0 Å². The number of rotatable bonds is 1. The summed E-state index contributed by atoms with van der Waals surface area (Å²) in [4.78, 5) is 0. The van der Waals surface area contributed by atoms with Crippen LogP contribution >= 0.6 is 7.81 Å². The maximum atomic E-state index is 9.87. The fraction of sp³-hybridized carbons (Fsp3) is 0.333. The molecule has 8 heteroatoms. The fourth-order valence-corrected chi connectivity index (χ4v) is 0.766. The maximum Gasteiger partial charge on any atom is 0 e. The summed E-state index contributed by atoms with van der Waals surface area (Å²) in [6.45, 7) is 4.34. The van der Waals surface area contributed by atoms with E-state index in [1.807, 2.05) is 18.2 Å². The van der Waals surface area contributed by atoms with Gasteiger partial charge in [0.05, 0.1) is 0 Å². The molecule has 0 bridgehead atoms. The molecule has 0 spiro atoms. The second-order valence-electron chi connectivity index (χ2n) is 3.43. The Labute approximate surface area is 106 Å². The second kappa shape index (κ2) is 5.17. The molecule has 1 aromatic carbocycles. The van der Waals surface area contributed by atoms with Gasteiger partial charge in [-0.2, -0.15) is 35.9 Å². The third kappa shape index (κ3) is 21.6. The van der Waals surface area contributed by atoms with Crippen LogP contribution in [-0.2, 0) is 17.1 Å². The first-order valence-electron chi connectivity index (χ1n) is 4.28. The summed E-state index contributed by atoms with van der Waals surface area (Å²) in [7, 11) is -10.7. The molecular formula is C9H11F6FeP-2. The third-order valence-corrected chi connectivity index (χ3v) is 1.36. The van der Waals surface area contributed by atoms with Gasteiger partial charge in [-0.15, -0.1) is 0 Å². The van der Waals surface area contributed by atoms with Gasteiger partial charge in [0.1, 0.15) is 0 Å². The first-order chi connectivity index (χ1) is 6.75. The molecule has 1 aromatic rings. The summed E-state index contributed by atoms with van der Waals surface area (Å²) in [6.07, 6.45) is 0. The van der Waals surface area contributed by atoms with Crippen molar-refractivity contribution in [2.45, 2.75) is 19.8 Å². The normalized spacial score (nSPS) is 14.9. The quantitative estimate of drug-likeness (QED) is 0.258. The van der Waals surface area contributed by atoms with Crippen LogP contribution in [0.4, 0.5) is 25.2 Å². The van der Waals surface area contributed by atoms with Crippen molar-refractivity contribution in [2.75, 3.05) is 0 Å². The van der Waals surface area contributed by atoms with Crippen molar-refractivity contribution >= 4 is 7.81 Å². The largest absolute Gasteiger partial charge is 0 e. The Kier molecular flexibility index (Phi) is 5.81. The van der Waals surface area contributed by atoms with Crippen molar-refractivity contribution in [2.24, 2.45) is 0 Å². The number of halogens is 6. The van der Waals surface area contributed by atoms with E-state index in [1.165, 1.54) is 5.56 Å². The number of hydrogen-bond donors (Lipinski definition) is 0. The summed E-state index contributed by atoms with van der Waals surface area (Å²) in [6, 6.07) is 11.3. The molecule has 104 valence electrons. The third-order valence-electron chi connectivity index (χ3n) is 1.36. The van der Waals surface area contributed by atoms with Crippen LogP contribution in [-0.4, -0.2) is 0 Å². The molecule has 0 aliphatic heterocycles. The molecule has 1 rings (SSSR count). The van der Waals surface area contributed by atoms with E-state index in [9.17, 15) is 25.2 Å². The van der Waals surface area contributed by atoms with E-state index in [-0.39, 0.29) is 17.1 Å². The monoisotopic (exact) mass is 320 g/mol. The minimum absolute atomic E-state index is 0. The summed E-state index contributed by atoms with van der Waals surface area (Å²) < 4.78 is 59.2. The van der Waals surface area contributed by atoms with Gasteiger partial charge in [0.15, 0.2) is 0 Å². The predicted molar refractivity (Wildman–Crippen MR) is 52.9 cm³/mol. The molecule has 0 aliphatic carbocycles. The Balaban J connectivity index is 0. The second-order valence-corrected chi connectivity index (χ2v) is 5.35. The molecule has 0 fully saturated rings. The van der Waals surface area contributed by atoms with E-state index in [0.29, 0.717) is 5.92 Å². The van der Waals surface area contributed by atoms with Gasteiger partial charge in [-0.1, -0.05) is 13.8 Å². The Morgan fingerprint density at radius 2 is 1.41 bits per heavy atom. The van der Waals surface area contributed by atoms with Crippen LogP contribution in [0, 0.1) is 6.07 Å². The van der Waals surface area contributed by atoms with E-state index < -0.39 is 7.81 Å². The van der Waals surface area contributed by atoms with Crippen molar-refractivity contribution in [1.29, 1.82) is 0 Å². The van der Waals surface area contributed by atoms with E-state index in [0.717, 1.165) is 0 Å². The van der Waals surface area contributed by atoms with Gasteiger partial charge in [0, 0.05) is 17.1 Å². The van der Waals surface area contributed by atoms with Crippen LogP contribution in [0.15, 0.2) is 24.3 Å². The van der Waals surface area contributed by atoms with Gasteiger partial charge in [0.2, 0.25) is 0 Å². The molecule has 0 nitrogen and oxygen atoms in total. The molecule has 0 saturated carbocycles. The molecule has 0 N–H and O–H groups in total. The first-order valence-corrected chi connectivity index (χ1v) is 6.31. The van der Waals surface area contributed by atoms with Crippen LogP contribution in [0.3, 0.4) is 0 Å². The van der Waals surface area contributed by atoms with Crippen LogP contribution in [0.1, 0.15) is 25.3 Å². The molecule has 0 radical (unpaired) electrons. The Hall–Kier alpha value is -0.251. The Morgan fingerprint density at radius 1 is 1.00 bits per heavy atom. The van der Waals surface area contributed by atoms with Crippen LogP contribution in [0.2, 0.25) is 0 Å². The predicted octanol–water partition coefficient (Wildman–Crippen LogP) is 5.99. The number of benzene rings is 1. The van der Waals surface area contributed by atoms with Gasteiger partial charge >= 0.3 is 33.0 Å². The average Bonchev–Trinajstić information content (AvgIpc) is 2.00. The summed E-state index contributed by atoms with van der Waals surface area (Å²) in [5.41, 5.74) is 1.29. The van der Waals surface area contributed by atoms with Crippen LogP contribution in [0.25, 0.3) is 0 Å². The van der Waals surface area contributed by atoms with Gasteiger partial charge < -0.3 is 0 Å². The van der Waals surface area contributed by atoms with Gasteiger partial charge in [0.25, 0.3) is 0 Å². The zero-order chi connectivity index (χ0) is 13.1. The van der Waals surface area contributed by atoms with E-state index >= 15 is 0 Å². The molecule has 0 aliphatic rings. The standard InChI is InChI=1S/C9H11.F6P.Fe/c1-8(2)9-6-4-3-5-7-9;1-7(2,3,4,5)6;/h3-6,8H,1-2H3;;/q2*-1;. The molecule has 0 unspecified atom stereocenters. The molecular weight excluding hydrogens is 309 g/mol. The molecule has 0 saturated heterocycles. The first kappa shape index (κ1) is 19.1. The van der Waals surface area contributed by atoms with Crippen molar-refractivity contribution < 1.29 is 42.3 Å². The van der Waals surface area contributed by atoms with Crippen molar-refractivity contribution in [3.63, 3.8) is 0 Å². The Morgan fingerprint density at radius 3 is 1.59 bits per heavy atom. The van der Waals surface area contributed by atoms with E-state index in [4.69, 9.17) is 0 Å². The molecule has 0 aromatic heterocycles. The van der Waals surface area contributed by atoms with E-state index in [1.54, 1.807) is 0 Å². The smallest absolute Gasteiger partial charge is 0 e. The average molecular weight is 320 g/mol.